The van der Waals surface area contributed by atoms with Crippen molar-refractivity contribution < 1.29 is 0 Å². The molecule has 1 aliphatic rings. The van der Waals surface area contributed by atoms with E-state index in [0.29, 0.717) is 5.92 Å². The van der Waals surface area contributed by atoms with Gasteiger partial charge in [-0.1, -0.05) is 0 Å². The highest BCUT2D eigenvalue weighted by atomic mass is 32.1. The first kappa shape index (κ1) is 13.8. The van der Waals surface area contributed by atoms with Crippen molar-refractivity contribution in [1.82, 2.24) is 9.97 Å². The molecule has 2 N–H and O–H groups in total. The lowest BCUT2D eigenvalue weighted by Gasteiger charge is -2.35. The molecule has 108 valence electrons. The number of nitrogens with zero attached hydrogens (tertiary/aromatic N) is 3. The Morgan fingerprint density at radius 1 is 1.40 bits per heavy atom. The minimum Gasteiger partial charge on any atom is -0.356 e. The highest BCUT2D eigenvalue weighted by Crippen LogP contribution is 2.35. The van der Waals surface area contributed by atoms with Crippen molar-refractivity contribution in [2.24, 2.45) is 11.7 Å². The van der Waals surface area contributed by atoms with E-state index >= 15 is 0 Å². The third-order valence-corrected chi connectivity index (χ3v) is 5.56. The molecule has 0 spiro atoms. The lowest BCUT2D eigenvalue weighted by molar-refractivity contribution is 0.363. The summed E-state index contributed by atoms with van der Waals surface area (Å²) >= 11 is 1.76. The third-order valence-electron chi connectivity index (χ3n) is 4.45. The molecular formula is C15H22N4S. The Morgan fingerprint density at radius 2 is 2.20 bits per heavy atom. The molecule has 3 heterocycles. The largest absolute Gasteiger partial charge is 0.356 e. The fourth-order valence-electron chi connectivity index (χ4n) is 3.04. The minimum absolute atomic E-state index is 0.250. The van der Waals surface area contributed by atoms with Crippen LogP contribution in [0.25, 0.3) is 10.2 Å². The third kappa shape index (κ3) is 2.29. The Balaban J connectivity index is 2.01. The zero-order valence-electron chi connectivity index (χ0n) is 12.4. The first-order valence-corrected chi connectivity index (χ1v) is 8.10. The van der Waals surface area contributed by atoms with Crippen LogP contribution in [0, 0.1) is 19.8 Å². The SMILES string of the molecule is Cc1sc2ncnc(N3CCCC(C(C)N)C3)c2c1C. The summed E-state index contributed by atoms with van der Waals surface area (Å²) in [6.45, 7) is 8.53. The summed E-state index contributed by atoms with van der Waals surface area (Å²) in [5, 5.41) is 1.24. The monoisotopic (exact) mass is 290 g/mol. The zero-order chi connectivity index (χ0) is 14.3. The Hall–Kier alpha value is -1.20. The van der Waals surface area contributed by atoms with Crippen molar-refractivity contribution >= 4 is 27.4 Å². The van der Waals surface area contributed by atoms with E-state index in [1.54, 1.807) is 17.7 Å². The van der Waals surface area contributed by atoms with Gasteiger partial charge in [-0.2, -0.15) is 0 Å². The van der Waals surface area contributed by atoms with Crippen LogP contribution in [-0.2, 0) is 0 Å². The molecule has 2 atom stereocenters. The molecule has 0 bridgehead atoms. The van der Waals surface area contributed by atoms with Gasteiger partial charge in [0.2, 0.25) is 0 Å². The molecule has 2 unspecified atom stereocenters. The van der Waals surface area contributed by atoms with Crippen LogP contribution in [0.15, 0.2) is 6.33 Å². The van der Waals surface area contributed by atoms with E-state index in [2.05, 4.69) is 35.6 Å². The lowest BCUT2D eigenvalue weighted by Crippen LogP contribution is -2.42. The molecule has 0 amide bonds. The van der Waals surface area contributed by atoms with Gasteiger partial charge in [0.05, 0.1) is 5.39 Å². The van der Waals surface area contributed by atoms with Crippen LogP contribution in [0.4, 0.5) is 5.82 Å². The number of anilines is 1. The summed E-state index contributed by atoms with van der Waals surface area (Å²) in [4.78, 5) is 13.9. The van der Waals surface area contributed by atoms with Gasteiger partial charge in [-0.05, 0) is 45.1 Å². The van der Waals surface area contributed by atoms with Gasteiger partial charge >= 0.3 is 0 Å². The van der Waals surface area contributed by atoms with E-state index in [9.17, 15) is 0 Å². The summed E-state index contributed by atoms with van der Waals surface area (Å²) in [6.07, 6.45) is 4.12. The molecular weight excluding hydrogens is 268 g/mol. The van der Waals surface area contributed by atoms with Gasteiger partial charge in [-0.25, -0.2) is 9.97 Å². The minimum atomic E-state index is 0.250. The van der Waals surface area contributed by atoms with Gasteiger partial charge in [0.1, 0.15) is 17.0 Å². The van der Waals surface area contributed by atoms with Crippen LogP contribution in [0.2, 0.25) is 0 Å². The van der Waals surface area contributed by atoms with Crippen LogP contribution in [0.3, 0.4) is 0 Å². The average molecular weight is 290 g/mol. The Kier molecular flexibility index (Phi) is 3.65. The molecule has 5 heteroatoms. The molecule has 0 saturated carbocycles. The van der Waals surface area contributed by atoms with Crippen LogP contribution >= 0.6 is 11.3 Å². The molecule has 2 aromatic heterocycles. The van der Waals surface area contributed by atoms with Crippen molar-refractivity contribution in [2.45, 2.75) is 39.7 Å². The second-order valence-corrected chi connectivity index (χ2v) is 7.07. The van der Waals surface area contributed by atoms with Crippen molar-refractivity contribution in [2.75, 3.05) is 18.0 Å². The molecule has 4 nitrogen and oxygen atoms in total. The summed E-state index contributed by atoms with van der Waals surface area (Å²) < 4.78 is 0. The van der Waals surface area contributed by atoms with Gasteiger partial charge in [-0.15, -0.1) is 11.3 Å². The second-order valence-electron chi connectivity index (χ2n) is 5.87. The predicted molar refractivity (Wildman–Crippen MR) is 85.5 cm³/mol. The van der Waals surface area contributed by atoms with Gasteiger partial charge < -0.3 is 10.6 Å². The topological polar surface area (TPSA) is 55.0 Å². The summed E-state index contributed by atoms with van der Waals surface area (Å²) in [6, 6.07) is 0.250. The number of hydrogen-bond donors (Lipinski definition) is 1. The van der Waals surface area contributed by atoms with Crippen LogP contribution < -0.4 is 10.6 Å². The predicted octanol–water partition coefficient (Wildman–Crippen LogP) is 2.87. The first-order chi connectivity index (χ1) is 9.58. The smallest absolute Gasteiger partial charge is 0.141 e. The number of aryl methyl sites for hydroxylation is 2. The Bertz CT molecular complexity index is 620. The number of aromatic nitrogens is 2. The molecule has 1 saturated heterocycles. The van der Waals surface area contributed by atoms with Gasteiger partial charge in [-0.3, -0.25) is 0 Å². The fourth-order valence-corrected chi connectivity index (χ4v) is 4.03. The number of fused-ring (bicyclic) bond motifs is 1. The summed E-state index contributed by atoms with van der Waals surface area (Å²) in [5.74, 6) is 1.66. The average Bonchev–Trinajstić information content (AvgIpc) is 2.74. The van der Waals surface area contributed by atoms with Gasteiger partial charge in [0, 0.05) is 24.0 Å². The maximum atomic E-state index is 6.10. The number of piperidine rings is 1. The van der Waals surface area contributed by atoms with Gasteiger partial charge in [0.15, 0.2) is 0 Å². The van der Waals surface area contributed by atoms with E-state index in [4.69, 9.17) is 5.73 Å². The molecule has 20 heavy (non-hydrogen) atoms. The van der Waals surface area contributed by atoms with Crippen molar-refractivity contribution in [3.05, 3.63) is 16.8 Å². The van der Waals surface area contributed by atoms with E-state index in [1.807, 2.05) is 0 Å². The van der Waals surface area contributed by atoms with E-state index < -0.39 is 0 Å². The molecule has 3 rings (SSSR count). The maximum Gasteiger partial charge on any atom is 0.141 e. The van der Waals surface area contributed by atoms with Gasteiger partial charge in [0.25, 0.3) is 0 Å². The summed E-state index contributed by atoms with van der Waals surface area (Å²) in [5.41, 5.74) is 7.42. The summed E-state index contributed by atoms with van der Waals surface area (Å²) in [7, 11) is 0. The lowest BCUT2D eigenvalue weighted by atomic mass is 9.92. The van der Waals surface area contributed by atoms with Crippen LogP contribution in [0.1, 0.15) is 30.2 Å². The van der Waals surface area contributed by atoms with Crippen LogP contribution in [-0.4, -0.2) is 29.1 Å². The standard InChI is InChI=1S/C15H22N4S/c1-9-11(3)20-15-13(9)14(17-8-18-15)19-6-4-5-12(7-19)10(2)16/h8,10,12H,4-7,16H2,1-3H3. The molecule has 0 aromatic carbocycles. The van der Waals surface area contributed by atoms with Crippen LogP contribution in [0.5, 0.6) is 0 Å². The Morgan fingerprint density at radius 3 is 2.95 bits per heavy atom. The molecule has 2 aromatic rings. The quantitative estimate of drug-likeness (QED) is 0.924. The number of hydrogen-bond acceptors (Lipinski definition) is 5. The molecule has 1 aliphatic heterocycles. The second kappa shape index (κ2) is 5.30. The highest BCUT2D eigenvalue weighted by molar-refractivity contribution is 7.18. The number of nitrogens with two attached hydrogens (primary N) is 1. The van der Waals surface area contributed by atoms with Crippen molar-refractivity contribution in [3.63, 3.8) is 0 Å². The van der Waals surface area contributed by atoms with Crippen molar-refractivity contribution in [3.8, 4) is 0 Å². The van der Waals surface area contributed by atoms with Crippen molar-refractivity contribution in [1.29, 1.82) is 0 Å². The maximum absolute atomic E-state index is 6.10. The zero-order valence-corrected chi connectivity index (χ0v) is 13.2. The molecule has 0 radical (unpaired) electrons. The number of thiophene rings is 1. The number of rotatable bonds is 2. The normalized spacial score (nSPS) is 21.4. The molecule has 1 fully saturated rings. The highest BCUT2D eigenvalue weighted by Gasteiger charge is 2.25. The molecule has 0 aliphatic carbocycles. The van der Waals surface area contributed by atoms with E-state index in [-0.39, 0.29) is 6.04 Å². The van der Waals surface area contributed by atoms with E-state index in [0.717, 1.165) is 23.7 Å². The van der Waals surface area contributed by atoms with E-state index in [1.165, 1.54) is 28.7 Å². The first-order valence-electron chi connectivity index (χ1n) is 7.29. The fraction of sp³-hybridized carbons (Fsp3) is 0.600. The Labute approximate surface area is 124 Å².